The van der Waals surface area contributed by atoms with Crippen LogP contribution in [-0.2, 0) is 7.05 Å². The Morgan fingerprint density at radius 3 is 2.27 bits per heavy atom. The van der Waals surface area contributed by atoms with E-state index in [1.807, 2.05) is 0 Å². The number of aromatic nitrogens is 2. The highest BCUT2D eigenvalue weighted by Gasteiger charge is 2.12. The van der Waals surface area contributed by atoms with E-state index in [0.717, 1.165) is 10.2 Å². The van der Waals surface area contributed by atoms with Gasteiger partial charge in [-0.2, -0.15) is 5.10 Å². The van der Waals surface area contributed by atoms with Crippen molar-refractivity contribution in [2.24, 2.45) is 7.05 Å². The lowest BCUT2D eigenvalue weighted by atomic mass is 10.1. The van der Waals surface area contributed by atoms with Crippen LogP contribution in [0.3, 0.4) is 0 Å². The maximum absolute atomic E-state index is 12.2. The number of carbonyl (C=O) groups excluding carboxylic acids is 1. The molecule has 3 rings (SSSR count). The van der Waals surface area contributed by atoms with Gasteiger partial charge in [0.05, 0.1) is 16.4 Å². The number of hydrogen-bond acceptors (Lipinski definition) is 3. The summed E-state index contributed by atoms with van der Waals surface area (Å²) in [7, 11) is 1.78. The monoisotopic (exact) mass is 454 g/mol. The molecule has 0 spiro atoms. The predicted octanol–water partition coefficient (Wildman–Crippen LogP) is 5.51. The molecule has 6 nitrogen and oxygen atoms in total. The van der Waals surface area contributed by atoms with Crippen LogP contribution in [0.5, 0.6) is 5.75 Å². The van der Waals surface area contributed by atoms with Gasteiger partial charge < -0.3 is 15.7 Å². The first kappa shape index (κ1) is 18.6. The molecule has 3 N–H and O–H groups in total. The molecular formula is C17H13BrCl2N4O2. The minimum atomic E-state index is -0.496. The zero-order valence-electron chi connectivity index (χ0n) is 13.4. The molecule has 0 radical (unpaired) electrons. The molecule has 0 saturated carbocycles. The van der Waals surface area contributed by atoms with Gasteiger partial charge in [-0.1, -0.05) is 23.2 Å². The van der Waals surface area contributed by atoms with E-state index in [1.54, 1.807) is 48.3 Å². The normalized spacial score (nSPS) is 10.6. The number of anilines is 2. The van der Waals surface area contributed by atoms with E-state index in [9.17, 15) is 9.90 Å². The summed E-state index contributed by atoms with van der Waals surface area (Å²) in [4.78, 5) is 12.2. The molecule has 0 aliphatic carbocycles. The third-order valence-electron chi connectivity index (χ3n) is 3.46. The number of nitrogens with one attached hydrogen (secondary N) is 2. The van der Waals surface area contributed by atoms with Gasteiger partial charge in [-0.05, 0) is 46.3 Å². The van der Waals surface area contributed by atoms with Crippen LogP contribution in [0.2, 0.25) is 10.0 Å². The summed E-state index contributed by atoms with van der Waals surface area (Å²) in [6.07, 6.45) is 1.65. The molecule has 2 aromatic carbocycles. The maximum Gasteiger partial charge on any atom is 0.323 e. The molecule has 3 aromatic rings. The van der Waals surface area contributed by atoms with Gasteiger partial charge >= 0.3 is 6.03 Å². The molecule has 1 aromatic heterocycles. The van der Waals surface area contributed by atoms with Gasteiger partial charge in [0, 0.05) is 40.1 Å². The van der Waals surface area contributed by atoms with Crippen molar-refractivity contribution < 1.29 is 9.90 Å². The first-order valence-electron chi connectivity index (χ1n) is 7.38. The molecule has 9 heteroatoms. The zero-order chi connectivity index (χ0) is 18.8. The zero-order valence-corrected chi connectivity index (χ0v) is 16.5. The van der Waals surface area contributed by atoms with Gasteiger partial charge in [0.25, 0.3) is 0 Å². The number of rotatable bonds is 3. The summed E-state index contributed by atoms with van der Waals surface area (Å²) in [5.41, 5.74) is 2.33. The van der Waals surface area contributed by atoms with Crippen LogP contribution < -0.4 is 10.6 Å². The van der Waals surface area contributed by atoms with E-state index in [0.29, 0.717) is 27.0 Å². The van der Waals surface area contributed by atoms with E-state index in [-0.39, 0.29) is 5.75 Å². The van der Waals surface area contributed by atoms with Crippen LogP contribution in [0.15, 0.2) is 47.1 Å². The molecule has 0 saturated heterocycles. The van der Waals surface area contributed by atoms with Crippen LogP contribution in [0.1, 0.15) is 0 Å². The molecule has 0 atom stereocenters. The fourth-order valence-corrected chi connectivity index (χ4v) is 3.58. The van der Waals surface area contributed by atoms with Crippen molar-refractivity contribution in [1.29, 1.82) is 0 Å². The number of carbonyl (C=O) groups is 1. The number of urea groups is 1. The number of halogens is 3. The summed E-state index contributed by atoms with van der Waals surface area (Å²) in [6.45, 7) is 0. The second kappa shape index (κ2) is 7.57. The van der Waals surface area contributed by atoms with Crippen LogP contribution >= 0.6 is 39.1 Å². The van der Waals surface area contributed by atoms with Crippen LogP contribution in [0.4, 0.5) is 16.2 Å². The number of nitrogens with zero attached hydrogens (tertiary/aromatic N) is 2. The minimum absolute atomic E-state index is 0.0108. The predicted molar refractivity (Wildman–Crippen MR) is 107 cm³/mol. The van der Waals surface area contributed by atoms with E-state index < -0.39 is 6.03 Å². The van der Waals surface area contributed by atoms with Crippen molar-refractivity contribution in [1.82, 2.24) is 9.78 Å². The van der Waals surface area contributed by atoms with E-state index in [1.165, 1.54) is 6.07 Å². The molecule has 0 aliphatic heterocycles. The Kier molecular flexibility index (Phi) is 5.41. The molecule has 0 unspecified atom stereocenters. The summed E-state index contributed by atoms with van der Waals surface area (Å²) in [5.74, 6) is 0.0108. The standard InChI is InChI=1S/C17H13BrCl2N4O2/c1-24-16(15(18)8-21-24)9-2-12(7-14(25)3-9)22-17(26)23-13-5-10(19)4-11(20)6-13/h2-8,25H,1H3,(H2,22,23,26). The Balaban J connectivity index is 1.82. The van der Waals surface area contributed by atoms with Crippen molar-refractivity contribution in [3.63, 3.8) is 0 Å². The summed E-state index contributed by atoms with van der Waals surface area (Å²) >= 11 is 15.3. The topological polar surface area (TPSA) is 79.2 Å². The first-order valence-corrected chi connectivity index (χ1v) is 8.93. The summed E-state index contributed by atoms with van der Waals surface area (Å²) in [6, 6.07) is 8.98. The Bertz CT molecular complexity index is 951. The second-order valence-electron chi connectivity index (χ2n) is 5.47. The van der Waals surface area contributed by atoms with Crippen molar-refractivity contribution in [2.45, 2.75) is 0 Å². The largest absolute Gasteiger partial charge is 0.508 e. The summed E-state index contributed by atoms with van der Waals surface area (Å²) in [5, 5.41) is 20.3. The fraction of sp³-hybridized carbons (Fsp3) is 0.0588. The van der Waals surface area contributed by atoms with Crippen LogP contribution in [-0.4, -0.2) is 20.9 Å². The Labute approximate surface area is 167 Å². The minimum Gasteiger partial charge on any atom is -0.508 e. The third-order valence-corrected chi connectivity index (χ3v) is 4.48. The molecular weight excluding hydrogens is 443 g/mol. The SMILES string of the molecule is Cn1ncc(Br)c1-c1cc(O)cc(NC(=O)Nc2cc(Cl)cc(Cl)c2)c1. The number of hydrogen-bond donors (Lipinski definition) is 3. The molecule has 0 aliphatic rings. The highest BCUT2D eigenvalue weighted by atomic mass is 79.9. The number of phenolic OH excluding ortho intramolecular Hbond substituents is 1. The molecule has 0 fully saturated rings. The summed E-state index contributed by atoms with van der Waals surface area (Å²) < 4.78 is 2.44. The molecule has 2 amide bonds. The average molecular weight is 456 g/mol. The van der Waals surface area contributed by atoms with Crippen molar-refractivity contribution in [3.05, 3.63) is 57.1 Å². The van der Waals surface area contributed by atoms with Crippen LogP contribution in [0.25, 0.3) is 11.3 Å². The van der Waals surface area contributed by atoms with Gasteiger partial charge in [0.15, 0.2) is 0 Å². The highest BCUT2D eigenvalue weighted by molar-refractivity contribution is 9.10. The lowest BCUT2D eigenvalue weighted by Gasteiger charge is -2.11. The Hall–Kier alpha value is -2.22. The van der Waals surface area contributed by atoms with Gasteiger partial charge in [-0.3, -0.25) is 4.68 Å². The van der Waals surface area contributed by atoms with Crippen LogP contribution in [0, 0.1) is 0 Å². The number of benzene rings is 2. The first-order chi connectivity index (χ1) is 12.3. The number of amides is 2. The van der Waals surface area contributed by atoms with Crippen molar-refractivity contribution >= 4 is 56.5 Å². The second-order valence-corrected chi connectivity index (χ2v) is 7.20. The quantitative estimate of drug-likeness (QED) is 0.487. The smallest absolute Gasteiger partial charge is 0.323 e. The van der Waals surface area contributed by atoms with Gasteiger partial charge in [-0.15, -0.1) is 0 Å². The van der Waals surface area contributed by atoms with Gasteiger partial charge in [0.2, 0.25) is 0 Å². The highest BCUT2D eigenvalue weighted by Crippen LogP contribution is 2.32. The molecule has 26 heavy (non-hydrogen) atoms. The van der Waals surface area contributed by atoms with E-state index in [4.69, 9.17) is 23.2 Å². The average Bonchev–Trinajstić information content (AvgIpc) is 2.84. The Morgan fingerprint density at radius 1 is 1.08 bits per heavy atom. The van der Waals surface area contributed by atoms with Gasteiger partial charge in [-0.25, -0.2) is 4.79 Å². The molecule has 1 heterocycles. The molecule has 134 valence electrons. The van der Waals surface area contributed by atoms with E-state index in [2.05, 4.69) is 31.7 Å². The lowest BCUT2D eigenvalue weighted by molar-refractivity contribution is 0.262. The fourth-order valence-electron chi connectivity index (χ4n) is 2.47. The van der Waals surface area contributed by atoms with Crippen molar-refractivity contribution in [3.8, 4) is 17.0 Å². The van der Waals surface area contributed by atoms with Gasteiger partial charge in [0.1, 0.15) is 5.75 Å². The molecule has 0 bridgehead atoms. The third kappa shape index (κ3) is 4.30. The lowest BCUT2D eigenvalue weighted by Crippen LogP contribution is -2.19. The number of phenols is 1. The number of aryl methyl sites for hydroxylation is 1. The number of aromatic hydroxyl groups is 1. The Morgan fingerprint density at radius 2 is 1.69 bits per heavy atom. The van der Waals surface area contributed by atoms with E-state index >= 15 is 0 Å². The van der Waals surface area contributed by atoms with Crippen molar-refractivity contribution in [2.75, 3.05) is 10.6 Å². The maximum atomic E-state index is 12.2.